The molecule has 0 saturated heterocycles. The van der Waals surface area contributed by atoms with E-state index in [9.17, 15) is 4.79 Å². The summed E-state index contributed by atoms with van der Waals surface area (Å²) in [7, 11) is 0. The molecule has 0 radical (unpaired) electrons. The highest BCUT2D eigenvalue weighted by Crippen LogP contribution is 2.16. The van der Waals surface area contributed by atoms with Crippen molar-refractivity contribution in [3.8, 4) is 0 Å². The van der Waals surface area contributed by atoms with Gasteiger partial charge in [-0.2, -0.15) is 0 Å². The lowest BCUT2D eigenvalue weighted by atomic mass is 10.0. The maximum absolute atomic E-state index is 12.2. The minimum absolute atomic E-state index is 0.0381. The summed E-state index contributed by atoms with van der Waals surface area (Å²) in [5, 5.41) is 0. The number of esters is 1. The number of hydrogen-bond acceptors (Lipinski definition) is 2. The molecular weight excluding hydrogens is 416 g/mol. The van der Waals surface area contributed by atoms with Crippen LogP contribution in [0.15, 0.2) is 0 Å². The number of hydrogen-bond donors (Lipinski definition) is 0. The first kappa shape index (κ1) is 33.5. The van der Waals surface area contributed by atoms with Gasteiger partial charge in [0.25, 0.3) is 0 Å². The van der Waals surface area contributed by atoms with Gasteiger partial charge in [-0.3, -0.25) is 4.79 Å². The molecule has 0 rings (SSSR count). The first-order valence-corrected chi connectivity index (χ1v) is 15.8. The number of rotatable bonds is 27. The van der Waals surface area contributed by atoms with Crippen molar-refractivity contribution < 1.29 is 9.53 Å². The van der Waals surface area contributed by atoms with E-state index in [2.05, 4.69) is 27.7 Å². The molecule has 0 heterocycles. The second-order valence-electron chi connectivity index (χ2n) is 11.3. The third kappa shape index (κ3) is 26.1. The molecule has 0 aliphatic carbocycles. The van der Waals surface area contributed by atoms with E-state index in [0.29, 0.717) is 6.42 Å². The van der Waals surface area contributed by atoms with Gasteiger partial charge in [0.05, 0.1) is 0 Å². The average Bonchev–Trinajstić information content (AvgIpc) is 2.82. The Morgan fingerprint density at radius 1 is 0.529 bits per heavy atom. The van der Waals surface area contributed by atoms with E-state index in [0.717, 1.165) is 25.2 Å². The molecule has 0 fully saturated rings. The summed E-state index contributed by atoms with van der Waals surface area (Å²) in [5.41, 5.74) is 0. The quantitative estimate of drug-likeness (QED) is 0.0862. The molecule has 0 spiro atoms. The summed E-state index contributed by atoms with van der Waals surface area (Å²) in [6.45, 7) is 9.08. The standard InChI is InChI=1S/C32H64O2/c1-5-7-8-9-10-15-19-22-25-28-31(6-2)34-32(33)29-26-23-20-17-14-12-11-13-16-18-21-24-27-30(3)4/h30-31H,5-29H2,1-4H3. The summed E-state index contributed by atoms with van der Waals surface area (Å²) >= 11 is 0. The van der Waals surface area contributed by atoms with Crippen molar-refractivity contribution in [2.75, 3.05) is 0 Å². The van der Waals surface area contributed by atoms with E-state index in [1.54, 1.807) is 0 Å². The summed E-state index contributed by atoms with van der Waals surface area (Å²) in [4.78, 5) is 12.2. The van der Waals surface area contributed by atoms with Gasteiger partial charge in [-0.25, -0.2) is 0 Å². The highest BCUT2D eigenvalue weighted by molar-refractivity contribution is 5.69. The largest absolute Gasteiger partial charge is 0.462 e. The molecule has 204 valence electrons. The highest BCUT2D eigenvalue weighted by Gasteiger charge is 2.12. The molecule has 0 amide bonds. The lowest BCUT2D eigenvalue weighted by Gasteiger charge is -2.16. The minimum Gasteiger partial charge on any atom is -0.462 e. The van der Waals surface area contributed by atoms with Gasteiger partial charge in [0.1, 0.15) is 6.10 Å². The Hall–Kier alpha value is -0.530. The predicted molar refractivity (Wildman–Crippen MR) is 151 cm³/mol. The molecule has 34 heavy (non-hydrogen) atoms. The molecule has 0 bridgehead atoms. The third-order valence-corrected chi connectivity index (χ3v) is 7.30. The van der Waals surface area contributed by atoms with E-state index in [1.165, 1.54) is 135 Å². The smallest absolute Gasteiger partial charge is 0.306 e. The van der Waals surface area contributed by atoms with Crippen LogP contribution in [0.4, 0.5) is 0 Å². The van der Waals surface area contributed by atoms with Gasteiger partial charge < -0.3 is 4.74 Å². The Kier molecular flexibility index (Phi) is 26.6. The lowest BCUT2D eigenvalue weighted by molar-refractivity contribution is -0.149. The van der Waals surface area contributed by atoms with Gasteiger partial charge in [-0.1, -0.05) is 156 Å². The molecule has 0 aromatic heterocycles. The van der Waals surface area contributed by atoms with Crippen molar-refractivity contribution in [2.24, 2.45) is 5.92 Å². The molecule has 0 aromatic carbocycles. The van der Waals surface area contributed by atoms with Crippen LogP contribution in [0.1, 0.15) is 188 Å². The van der Waals surface area contributed by atoms with Gasteiger partial charge >= 0.3 is 5.97 Å². The highest BCUT2D eigenvalue weighted by atomic mass is 16.5. The fourth-order valence-corrected chi connectivity index (χ4v) is 4.86. The molecule has 1 unspecified atom stereocenters. The average molecular weight is 481 g/mol. The van der Waals surface area contributed by atoms with Crippen LogP contribution in [-0.2, 0) is 9.53 Å². The molecule has 0 aliphatic rings. The Morgan fingerprint density at radius 2 is 0.912 bits per heavy atom. The van der Waals surface area contributed by atoms with Crippen molar-refractivity contribution >= 4 is 5.97 Å². The van der Waals surface area contributed by atoms with E-state index >= 15 is 0 Å². The summed E-state index contributed by atoms with van der Waals surface area (Å²) in [6, 6.07) is 0. The molecule has 0 N–H and O–H groups in total. The molecule has 1 atom stereocenters. The fourth-order valence-electron chi connectivity index (χ4n) is 4.86. The Labute approximate surface area is 215 Å². The second kappa shape index (κ2) is 27.1. The van der Waals surface area contributed by atoms with Crippen molar-refractivity contribution in [1.82, 2.24) is 0 Å². The Morgan fingerprint density at radius 3 is 1.32 bits per heavy atom. The van der Waals surface area contributed by atoms with Gasteiger partial charge in [0, 0.05) is 6.42 Å². The van der Waals surface area contributed by atoms with Gasteiger partial charge in [-0.15, -0.1) is 0 Å². The van der Waals surface area contributed by atoms with Crippen LogP contribution in [0.5, 0.6) is 0 Å². The van der Waals surface area contributed by atoms with Crippen LogP contribution in [0.2, 0.25) is 0 Å². The molecule has 0 aromatic rings. The Balaban J connectivity index is 3.41. The SMILES string of the molecule is CCCCCCCCCCCC(CC)OC(=O)CCCCCCCCCCCCCCC(C)C. The van der Waals surface area contributed by atoms with E-state index in [-0.39, 0.29) is 12.1 Å². The zero-order valence-electron chi connectivity index (χ0n) is 24.1. The topological polar surface area (TPSA) is 26.3 Å². The van der Waals surface area contributed by atoms with Crippen molar-refractivity contribution in [3.63, 3.8) is 0 Å². The minimum atomic E-state index is 0.0381. The Bertz CT molecular complexity index is 404. The first-order chi connectivity index (χ1) is 16.6. The van der Waals surface area contributed by atoms with Crippen LogP contribution in [0.3, 0.4) is 0 Å². The molecule has 2 heteroatoms. The van der Waals surface area contributed by atoms with Crippen molar-refractivity contribution in [3.05, 3.63) is 0 Å². The first-order valence-electron chi connectivity index (χ1n) is 15.8. The van der Waals surface area contributed by atoms with Crippen LogP contribution in [-0.4, -0.2) is 12.1 Å². The van der Waals surface area contributed by atoms with Crippen LogP contribution < -0.4 is 0 Å². The summed E-state index contributed by atoms with van der Waals surface area (Å²) in [6.07, 6.45) is 32.4. The molecular formula is C32H64O2. The normalized spacial score (nSPS) is 12.4. The van der Waals surface area contributed by atoms with Gasteiger partial charge in [-0.05, 0) is 31.6 Å². The van der Waals surface area contributed by atoms with Gasteiger partial charge in [0.15, 0.2) is 0 Å². The summed E-state index contributed by atoms with van der Waals surface area (Å²) < 4.78 is 5.75. The number of unbranched alkanes of at least 4 members (excludes halogenated alkanes) is 19. The van der Waals surface area contributed by atoms with Crippen LogP contribution >= 0.6 is 0 Å². The zero-order chi connectivity index (χ0) is 25.1. The third-order valence-electron chi connectivity index (χ3n) is 7.30. The van der Waals surface area contributed by atoms with Crippen molar-refractivity contribution in [1.29, 1.82) is 0 Å². The predicted octanol–water partition coefficient (Wildman–Crippen LogP) is 11.3. The molecule has 0 aliphatic heterocycles. The number of ether oxygens (including phenoxy) is 1. The lowest BCUT2D eigenvalue weighted by Crippen LogP contribution is -2.17. The second-order valence-corrected chi connectivity index (χ2v) is 11.3. The molecule has 0 saturated carbocycles. The van der Waals surface area contributed by atoms with E-state index in [1.807, 2.05) is 0 Å². The zero-order valence-corrected chi connectivity index (χ0v) is 24.1. The van der Waals surface area contributed by atoms with E-state index in [4.69, 9.17) is 4.74 Å². The maximum atomic E-state index is 12.2. The monoisotopic (exact) mass is 480 g/mol. The summed E-state index contributed by atoms with van der Waals surface area (Å²) in [5.74, 6) is 0.907. The molecule has 2 nitrogen and oxygen atoms in total. The van der Waals surface area contributed by atoms with Crippen molar-refractivity contribution in [2.45, 2.75) is 194 Å². The number of carbonyl (C=O) groups excluding carboxylic acids is 1. The van der Waals surface area contributed by atoms with Crippen LogP contribution in [0.25, 0.3) is 0 Å². The van der Waals surface area contributed by atoms with E-state index < -0.39 is 0 Å². The maximum Gasteiger partial charge on any atom is 0.306 e. The van der Waals surface area contributed by atoms with Crippen LogP contribution in [0, 0.1) is 5.92 Å². The van der Waals surface area contributed by atoms with Gasteiger partial charge in [0.2, 0.25) is 0 Å². The fraction of sp³-hybridized carbons (Fsp3) is 0.969. The number of carbonyl (C=O) groups is 1.